The molecule has 0 bridgehead atoms. The van der Waals surface area contributed by atoms with E-state index in [1.807, 2.05) is 33.2 Å². The Kier molecular flexibility index (Phi) is 6.51. The lowest BCUT2D eigenvalue weighted by Crippen LogP contribution is -2.29. The molecule has 0 amide bonds. The van der Waals surface area contributed by atoms with Crippen molar-refractivity contribution in [2.45, 2.75) is 25.3 Å². The van der Waals surface area contributed by atoms with Gasteiger partial charge in [0.15, 0.2) is 0 Å². The Balaban J connectivity index is 3.20. The first-order chi connectivity index (χ1) is 9.34. The normalized spacial score (nSPS) is 12.1. The average Bonchev–Trinajstić information content (AvgIpc) is 2.38. The van der Waals surface area contributed by atoms with Crippen LogP contribution in [0.1, 0.15) is 16.7 Å². The fraction of sp³-hybridized carbons (Fsp3) is 0.571. The lowest BCUT2D eigenvalue weighted by molar-refractivity contribution is 0.488. The van der Waals surface area contributed by atoms with Crippen LogP contribution >= 0.6 is 11.8 Å². The zero-order chi connectivity index (χ0) is 15.3. The van der Waals surface area contributed by atoms with Crippen LogP contribution in [0.4, 0.5) is 0 Å². The van der Waals surface area contributed by atoms with Crippen LogP contribution in [0.3, 0.4) is 0 Å². The number of aryl methyl sites for hydroxylation is 2. The van der Waals surface area contributed by atoms with Crippen LogP contribution in [-0.4, -0.2) is 45.4 Å². The van der Waals surface area contributed by atoms with Crippen molar-refractivity contribution >= 4 is 21.8 Å². The monoisotopic (exact) mass is 316 g/mol. The predicted octanol–water partition coefficient (Wildman–Crippen LogP) is 2.01. The molecule has 1 aromatic carbocycles. The van der Waals surface area contributed by atoms with Crippen LogP contribution in [0.2, 0.25) is 0 Å². The second-order valence-corrected chi connectivity index (χ2v) is 7.89. The largest absolute Gasteiger partial charge is 0.316 e. The molecule has 0 radical (unpaired) electrons. The molecule has 6 heteroatoms. The summed E-state index contributed by atoms with van der Waals surface area (Å²) in [7, 11) is 0.0934. The molecular weight excluding hydrogens is 292 g/mol. The second kappa shape index (κ2) is 7.45. The third-order valence-electron chi connectivity index (χ3n) is 3.30. The predicted molar refractivity (Wildman–Crippen MR) is 86.9 cm³/mol. The van der Waals surface area contributed by atoms with Gasteiger partial charge in [-0.3, -0.25) is 0 Å². The van der Waals surface area contributed by atoms with E-state index in [9.17, 15) is 8.42 Å². The van der Waals surface area contributed by atoms with Gasteiger partial charge in [0.05, 0.1) is 4.90 Å². The quantitative estimate of drug-likeness (QED) is 0.836. The van der Waals surface area contributed by atoms with Crippen molar-refractivity contribution in [2.75, 3.05) is 32.6 Å². The van der Waals surface area contributed by atoms with Gasteiger partial charge < -0.3 is 5.32 Å². The van der Waals surface area contributed by atoms with Gasteiger partial charge in [-0.1, -0.05) is 6.07 Å². The smallest absolute Gasteiger partial charge is 0.243 e. The zero-order valence-electron chi connectivity index (χ0n) is 12.9. The Morgan fingerprint density at radius 3 is 2.45 bits per heavy atom. The maximum Gasteiger partial charge on any atom is 0.243 e. The van der Waals surface area contributed by atoms with Crippen LogP contribution in [0.25, 0.3) is 0 Å². The average molecular weight is 316 g/mol. The fourth-order valence-electron chi connectivity index (χ4n) is 2.04. The Hall–Kier alpha value is -0.560. The minimum atomic E-state index is -3.41. The fourth-order valence-corrected chi connectivity index (χ4v) is 4.04. The molecule has 0 aliphatic heterocycles. The number of sulfonamides is 1. The Morgan fingerprint density at radius 1 is 1.25 bits per heavy atom. The molecule has 4 nitrogen and oxygen atoms in total. The molecule has 0 atom stereocenters. The van der Waals surface area contributed by atoms with E-state index in [1.165, 1.54) is 4.31 Å². The van der Waals surface area contributed by atoms with Gasteiger partial charge in [0.1, 0.15) is 0 Å². The van der Waals surface area contributed by atoms with E-state index >= 15 is 0 Å². The topological polar surface area (TPSA) is 49.4 Å². The Labute approximate surface area is 127 Å². The third-order valence-corrected chi connectivity index (χ3v) is 5.89. The van der Waals surface area contributed by atoms with Crippen molar-refractivity contribution in [3.05, 3.63) is 28.8 Å². The minimum Gasteiger partial charge on any atom is -0.316 e. The molecule has 114 valence electrons. The molecule has 0 fully saturated rings. The summed E-state index contributed by atoms with van der Waals surface area (Å²) in [6.45, 7) is 5.06. The molecule has 0 spiro atoms. The third kappa shape index (κ3) is 3.97. The molecule has 0 aliphatic carbocycles. The molecule has 1 aromatic rings. The molecule has 0 heterocycles. The van der Waals surface area contributed by atoms with E-state index in [0.717, 1.165) is 22.4 Å². The summed E-state index contributed by atoms with van der Waals surface area (Å²) in [6.07, 6.45) is 1.97. The van der Waals surface area contributed by atoms with Gasteiger partial charge in [-0.05, 0) is 49.9 Å². The number of benzene rings is 1. The second-order valence-electron chi connectivity index (χ2n) is 4.89. The van der Waals surface area contributed by atoms with Gasteiger partial charge in [0.25, 0.3) is 0 Å². The van der Waals surface area contributed by atoms with Crippen LogP contribution in [0.15, 0.2) is 17.0 Å². The molecule has 20 heavy (non-hydrogen) atoms. The number of hydrogen-bond donors (Lipinski definition) is 1. The summed E-state index contributed by atoms with van der Waals surface area (Å²) in [6, 6.07) is 3.74. The van der Waals surface area contributed by atoms with Crippen LogP contribution in [0, 0.1) is 13.8 Å². The minimum absolute atomic E-state index is 0.414. The highest BCUT2D eigenvalue weighted by Crippen LogP contribution is 2.23. The number of nitrogens with zero attached hydrogens (tertiary/aromatic N) is 1. The summed E-state index contributed by atoms with van der Waals surface area (Å²) < 4.78 is 26.7. The highest BCUT2D eigenvalue weighted by atomic mass is 32.2. The van der Waals surface area contributed by atoms with Gasteiger partial charge in [-0.15, -0.1) is 0 Å². The van der Waals surface area contributed by atoms with Crippen LogP contribution in [0.5, 0.6) is 0 Å². The molecule has 0 unspecified atom stereocenters. The van der Waals surface area contributed by atoms with Crippen molar-refractivity contribution in [3.63, 3.8) is 0 Å². The molecule has 1 rings (SSSR count). The van der Waals surface area contributed by atoms with E-state index < -0.39 is 10.0 Å². The Morgan fingerprint density at radius 2 is 1.90 bits per heavy atom. The summed E-state index contributed by atoms with van der Waals surface area (Å²) in [5.74, 6) is 0.796. The number of rotatable bonds is 7. The lowest BCUT2D eigenvalue weighted by Gasteiger charge is -2.19. The van der Waals surface area contributed by atoms with E-state index in [1.54, 1.807) is 24.9 Å². The maximum absolute atomic E-state index is 12.6. The summed E-state index contributed by atoms with van der Waals surface area (Å²) in [4.78, 5) is 0.414. The van der Waals surface area contributed by atoms with Gasteiger partial charge >= 0.3 is 0 Å². The lowest BCUT2D eigenvalue weighted by atomic mass is 10.1. The number of thioether (sulfide) groups is 1. The SMILES string of the molecule is CNCc1cc(S(=O)(=O)N(C)CCSC)c(C)cc1C. The van der Waals surface area contributed by atoms with Gasteiger partial charge in [0.2, 0.25) is 10.0 Å². The van der Waals surface area contributed by atoms with Crippen molar-refractivity contribution in [1.82, 2.24) is 9.62 Å². The van der Waals surface area contributed by atoms with E-state index in [-0.39, 0.29) is 0 Å². The van der Waals surface area contributed by atoms with Crippen LogP contribution in [-0.2, 0) is 16.6 Å². The first-order valence-corrected chi connectivity index (χ1v) is 9.38. The first kappa shape index (κ1) is 17.5. The number of hydrogen-bond acceptors (Lipinski definition) is 4. The molecule has 0 aliphatic rings. The highest BCUT2D eigenvalue weighted by Gasteiger charge is 2.23. The van der Waals surface area contributed by atoms with Crippen LogP contribution < -0.4 is 5.32 Å². The van der Waals surface area contributed by atoms with Crippen molar-refractivity contribution in [1.29, 1.82) is 0 Å². The van der Waals surface area contributed by atoms with Crippen molar-refractivity contribution < 1.29 is 8.42 Å². The van der Waals surface area contributed by atoms with Gasteiger partial charge in [0, 0.05) is 25.9 Å². The van der Waals surface area contributed by atoms with E-state index in [2.05, 4.69) is 5.32 Å². The summed E-state index contributed by atoms with van der Waals surface area (Å²) in [5.41, 5.74) is 2.94. The van der Waals surface area contributed by atoms with Gasteiger partial charge in [-0.25, -0.2) is 12.7 Å². The van der Waals surface area contributed by atoms with E-state index in [0.29, 0.717) is 18.0 Å². The maximum atomic E-state index is 12.6. The Bertz CT molecular complexity index is 557. The highest BCUT2D eigenvalue weighted by molar-refractivity contribution is 7.98. The van der Waals surface area contributed by atoms with Crippen molar-refractivity contribution in [2.24, 2.45) is 0 Å². The molecule has 0 saturated heterocycles. The number of nitrogens with one attached hydrogen (secondary N) is 1. The van der Waals surface area contributed by atoms with E-state index in [4.69, 9.17) is 0 Å². The molecular formula is C14H24N2O2S2. The molecule has 1 N–H and O–H groups in total. The van der Waals surface area contributed by atoms with Crippen molar-refractivity contribution in [3.8, 4) is 0 Å². The first-order valence-electron chi connectivity index (χ1n) is 6.54. The summed E-state index contributed by atoms with van der Waals surface area (Å²) in [5, 5.41) is 3.07. The molecule has 0 saturated carbocycles. The summed E-state index contributed by atoms with van der Waals surface area (Å²) >= 11 is 1.64. The zero-order valence-corrected chi connectivity index (χ0v) is 14.5. The standard InChI is InChI=1S/C14H24N2O2S2/c1-11-8-12(2)14(9-13(11)10-15-3)20(17,18)16(4)6-7-19-5/h8-9,15H,6-7,10H2,1-5H3. The molecule has 0 aromatic heterocycles. The van der Waals surface area contributed by atoms with Gasteiger partial charge in [-0.2, -0.15) is 11.8 Å².